The lowest BCUT2D eigenvalue weighted by molar-refractivity contribution is 0.0598. The zero-order valence-corrected chi connectivity index (χ0v) is 15.1. The van der Waals surface area contributed by atoms with Crippen molar-refractivity contribution < 1.29 is 14.3 Å². The number of methoxy groups -OCH3 is 1. The number of fused-ring (bicyclic) bond motifs is 1. The van der Waals surface area contributed by atoms with Gasteiger partial charge in [-0.05, 0) is 53.1 Å². The summed E-state index contributed by atoms with van der Waals surface area (Å²) in [4.78, 5) is 11.9. The van der Waals surface area contributed by atoms with E-state index >= 15 is 0 Å². The predicted octanol–water partition coefficient (Wildman–Crippen LogP) is 5.74. The van der Waals surface area contributed by atoms with Gasteiger partial charge in [-0.1, -0.05) is 47.1 Å². The minimum Gasteiger partial charge on any atom is -0.465 e. The molecule has 24 heavy (non-hydrogen) atoms. The molecule has 0 aromatic heterocycles. The van der Waals surface area contributed by atoms with Crippen LogP contribution in [-0.4, -0.2) is 13.1 Å². The summed E-state index contributed by atoms with van der Waals surface area (Å²) in [5.74, 6) is 0.722. The number of hydrogen-bond donors (Lipinski definition) is 0. The fourth-order valence-electron chi connectivity index (χ4n) is 2.69. The largest absolute Gasteiger partial charge is 0.465 e. The fourth-order valence-corrected chi connectivity index (χ4v) is 3.05. The molecular weight excluding hydrogens is 368 g/mol. The number of aryl methyl sites for hydroxylation is 1. The second-order valence-corrected chi connectivity index (χ2v) is 6.30. The Hall–Kier alpha value is -2.33. The van der Waals surface area contributed by atoms with Crippen molar-refractivity contribution >= 4 is 32.7 Å². The van der Waals surface area contributed by atoms with Gasteiger partial charge in [0.05, 0.1) is 7.11 Å². The maximum Gasteiger partial charge on any atom is 0.341 e. The van der Waals surface area contributed by atoms with Crippen molar-refractivity contribution in [2.45, 2.75) is 13.3 Å². The predicted molar refractivity (Wildman–Crippen MR) is 98.9 cm³/mol. The van der Waals surface area contributed by atoms with E-state index < -0.39 is 5.97 Å². The third-order valence-electron chi connectivity index (χ3n) is 3.90. The molecule has 0 heterocycles. The lowest BCUT2D eigenvalue weighted by Gasteiger charge is -2.12. The monoisotopic (exact) mass is 384 g/mol. The molecule has 0 N–H and O–H groups in total. The van der Waals surface area contributed by atoms with Crippen LogP contribution in [0.25, 0.3) is 10.8 Å². The van der Waals surface area contributed by atoms with Crippen molar-refractivity contribution in [1.82, 2.24) is 0 Å². The maximum atomic E-state index is 11.9. The van der Waals surface area contributed by atoms with Crippen LogP contribution >= 0.6 is 15.9 Å². The highest BCUT2D eigenvalue weighted by molar-refractivity contribution is 9.10. The molecular formula is C20H17BrO3. The Kier molecular flexibility index (Phi) is 4.86. The van der Waals surface area contributed by atoms with Crippen LogP contribution in [0.15, 0.2) is 59.1 Å². The van der Waals surface area contributed by atoms with E-state index in [2.05, 4.69) is 41.1 Å². The van der Waals surface area contributed by atoms with Crippen LogP contribution in [0.3, 0.4) is 0 Å². The summed E-state index contributed by atoms with van der Waals surface area (Å²) < 4.78 is 11.6. The third-order valence-corrected chi connectivity index (χ3v) is 4.39. The number of carbonyl (C=O) groups is 1. The molecule has 0 aliphatic rings. The van der Waals surface area contributed by atoms with Crippen LogP contribution in [0.1, 0.15) is 22.8 Å². The van der Waals surface area contributed by atoms with Crippen LogP contribution in [0, 0.1) is 0 Å². The van der Waals surface area contributed by atoms with Crippen molar-refractivity contribution in [3.63, 3.8) is 0 Å². The Bertz CT molecular complexity index is 903. The van der Waals surface area contributed by atoms with Gasteiger partial charge in [0.2, 0.25) is 0 Å². The number of esters is 1. The first kappa shape index (κ1) is 16.5. The van der Waals surface area contributed by atoms with Gasteiger partial charge in [0.25, 0.3) is 0 Å². The molecule has 0 radical (unpaired) electrons. The summed E-state index contributed by atoms with van der Waals surface area (Å²) in [5, 5.41) is 2.33. The Morgan fingerprint density at radius 3 is 2.67 bits per heavy atom. The van der Waals surface area contributed by atoms with E-state index in [-0.39, 0.29) is 0 Å². The summed E-state index contributed by atoms with van der Waals surface area (Å²) in [6, 6.07) is 17.5. The van der Waals surface area contributed by atoms with Crippen molar-refractivity contribution in [3.05, 3.63) is 70.2 Å². The standard InChI is InChI=1S/C20H17BrO3/c1-3-13-5-4-6-14-11-16(8-9-17(13)14)24-19-10-7-15(21)12-18(19)20(22)23-2/h4-12H,3H2,1-2H3. The molecule has 3 rings (SSSR count). The average Bonchev–Trinajstić information content (AvgIpc) is 2.61. The minimum atomic E-state index is -0.430. The van der Waals surface area contributed by atoms with Gasteiger partial charge < -0.3 is 9.47 Å². The second-order valence-electron chi connectivity index (χ2n) is 5.39. The highest BCUT2D eigenvalue weighted by Crippen LogP contribution is 2.31. The van der Waals surface area contributed by atoms with E-state index in [0.717, 1.165) is 16.3 Å². The summed E-state index contributed by atoms with van der Waals surface area (Å²) in [5.41, 5.74) is 1.69. The molecule has 0 saturated carbocycles. The van der Waals surface area contributed by atoms with Gasteiger partial charge in [0, 0.05) is 4.47 Å². The zero-order chi connectivity index (χ0) is 17.1. The summed E-state index contributed by atoms with van der Waals surface area (Å²) >= 11 is 3.36. The van der Waals surface area contributed by atoms with Crippen LogP contribution in [0.2, 0.25) is 0 Å². The van der Waals surface area contributed by atoms with E-state index in [9.17, 15) is 4.79 Å². The molecule has 0 spiro atoms. The quantitative estimate of drug-likeness (QED) is 0.537. The first-order valence-electron chi connectivity index (χ1n) is 7.69. The molecule has 3 aromatic rings. The Balaban J connectivity index is 2.00. The molecule has 0 saturated heterocycles. The molecule has 0 aliphatic heterocycles. The Labute approximate surface area is 149 Å². The molecule has 122 valence electrons. The van der Waals surface area contributed by atoms with Crippen LogP contribution in [0.5, 0.6) is 11.5 Å². The second kappa shape index (κ2) is 7.05. The van der Waals surface area contributed by atoms with Crippen molar-refractivity contribution in [2.24, 2.45) is 0 Å². The fraction of sp³-hybridized carbons (Fsp3) is 0.150. The number of hydrogen-bond acceptors (Lipinski definition) is 3. The summed E-state index contributed by atoms with van der Waals surface area (Å²) in [6.45, 7) is 2.14. The number of halogens is 1. The third kappa shape index (κ3) is 3.29. The summed E-state index contributed by atoms with van der Waals surface area (Å²) in [7, 11) is 1.36. The first-order chi connectivity index (χ1) is 11.6. The number of ether oxygens (including phenoxy) is 2. The van der Waals surface area contributed by atoms with Crippen LogP contribution in [0.4, 0.5) is 0 Å². The minimum absolute atomic E-state index is 0.384. The molecule has 4 heteroatoms. The van der Waals surface area contributed by atoms with Gasteiger partial charge in [-0.15, -0.1) is 0 Å². The Morgan fingerprint density at radius 1 is 1.08 bits per heavy atom. The number of rotatable bonds is 4. The van der Waals surface area contributed by atoms with E-state index in [4.69, 9.17) is 9.47 Å². The normalized spacial score (nSPS) is 10.6. The molecule has 0 unspecified atom stereocenters. The van der Waals surface area contributed by atoms with E-state index in [1.54, 1.807) is 12.1 Å². The van der Waals surface area contributed by atoms with Crippen LogP contribution in [-0.2, 0) is 11.2 Å². The van der Waals surface area contributed by atoms with E-state index in [0.29, 0.717) is 17.1 Å². The molecule has 3 aromatic carbocycles. The van der Waals surface area contributed by atoms with Crippen molar-refractivity contribution in [2.75, 3.05) is 7.11 Å². The zero-order valence-electron chi connectivity index (χ0n) is 13.5. The summed E-state index contributed by atoms with van der Waals surface area (Å²) in [6.07, 6.45) is 0.983. The van der Waals surface area contributed by atoms with Gasteiger partial charge in [0.1, 0.15) is 17.1 Å². The van der Waals surface area contributed by atoms with Gasteiger partial charge in [-0.25, -0.2) is 4.79 Å². The number of benzene rings is 3. The smallest absolute Gasteiger partial charge is 0.341 e. The van der Waals surface area contributed by atoms with E-state index in [1.165, 1.54) is 18.1 Å². The molecule has 0 fully saturated rings. The van der Waals surface area contributed by atoms with Gasteiger partial charge in [-0.2, -0.15) is 0 Å². The Morgan fingerprint density at radius 2 is 1.92 bits per heavy atom. The van der Waals surface area contributed by atoms with Gasteiger partial charge in [0.15, 0.2) is 0 Å². The average molecular weight is 385 g/mol. The molecule has 0 bridgehead atoms. The first-order valence-corrected chi connectivity index (χ1v) is 8.49. The van der Waals surface area contributed by atoms with Crippen LogP contribution < -0.4 is 4.74 Å². The van der Waals surface area contributed by atoms with Gasteiger partial charge in [-0.3, -0.25) is 0 Å². The lowest BCUT2D eigenvalue weighted by atomic mass is 10.0. The SMILES string of the molecule is CCc1cccc2cc(Oc3ccc(Br)cc3C(=O)OC)ccc12. The maximum absolute atomic E-state index is 11.9. The lowest BCUT2D eigenvalue weighted by Crippen LogP contribution is -2.03. The highest BCUT2D eigenvalue weighted by Gasteiger charge is 2.14. The molecule has 0 atom stereocenters. The van der Waals surface area contributed by atoms with Gasteiger partial charge >= 0.3 is 5.97 Å². The highest BCUT2D eigenvalue weighted by atomic mass is 79.9. The number of carbonyl (C=O) groups excluding carboxylic acids is 1. The molecule has 3 nitrogen and oxygen atoms in total. The molecule has 0 aliphatic carbocycles. The van der Waals surface area contributed by atoms with E-state index in [1.807, 2.05) is 24.3 Å². The topological polar surface area (TPSA) is 35.5 Å². The molecule has 0 amide bonds. The van der Waals surface area contributed by atoms with Crippen molar-refractivity contribution in [3.8, 4) is 11.5 Å². The van der Waals surface area contributed by atoms with Crippen molar-refractivity contribution in [1.29, 1.82) is 0 Å².